The Morgan fingerprint density at radius 1 is 0.391 bits per heavy atom. The number of ether oxygens (including phenoxy) is 11. The van der Waals surface area contributed by atoms with Gasteiger partial charge in [0.05, 0.1) is 51.4 Å². The molecule has 372 valence electrons. The molecule has 0 saturated carbocycles. The zero-order chi connectivity index (χ0) is 46.9. The lowest BCUT2D eigenvalue weighted by Crippen LogP contribution is -2.69. The molecule has 0 bridgehead atoms. The minimum atomic E-state index is -2.10. The summed E-state index contributed by atoms with van der Waals surface area (Å²) < 4.78 is 62.3. The molecule has 6 aliphatic rings. The van der Waals surface area contributed by atoms with Gasteiger partial charge in [-0.25, -0.2) is 0 Å². The van der Waals surface area contributed by atoms with E-state index in [0.717, 1.165) is 6.26 Å². The van der Waals surface area contributed by atoms with E-state index in [1.165, 1.54) is 13.0 Å². The normalized spacial score (nSPS) is 52.6. The number of hydrogen-bond donors (Lipinski definition) is 17. The molecule has 0 aromatic heterocycles. The molecule has 0 aliphatic carbocycles. The van der Waals surface area contributed by atoms with Gasteiger partial charge in [0.2, 0.25) is 0 Å². The highest BCUT2D eigenvalue weighted by atomic mass is 16.8. The van der Waals surface area contributed by atoms with Crippen LogP contribution in [-0.2, 0) is 52.1 Å². The number of aliphatic hydroxyl groups excluding tert-OH is 16. The molecule has 0 amide bonds. The molecule has 0 spiro atoms. The highest BCUT2D eigenvalue weighted by Gasteiger charge is 2.57. The van der Waals surface area contributed by atoms with E-state index in [2.05, 4.69) is 0 Å². The predicted octanol–water partition coefficient (Wildman–Crippen LogP) is -11.3. The van der Waals surface area contributed by atoms with Crippen molar-refractivity contribution in [2.24, 2.45) is 5.73 Å². The summed E-state index contributed by atoms with van der Waals surface area (Å²) in [6.07, 6.45) is -44.3. The lowest BCUT2D eigenvalue weighted by Gasteiger charge is -2.50. The summed E-state index contributed by atoms with van der Waals surface area (Å²) in [7, 11) is 0. The van der Waals surface area contributed by atoms with Crippen molar-refractivity contribution >= 4 is 0 Å². The number of hydrogen-bond acceptors (Lipinski definition) is 28. The smallest absolute Gasteiger partial charge is 0.187 e. The Balaban J connectivity index is 1.18. The lowest BCUT2D eigenvalue weighted by atomic mass is 9.94. The Labute approximate surface area is 363 Å². The van der Waals surface area contributed by atoms with Crippen LogP contribution in [0, 0.1) is 0 Å². The van der Waals surface area contributed by atoms with Crippen LogP contribution < -0.4 is 5.73 Å². The first-order chi connectivity index (χ1) is 30.4. The van der Waals surface area contributed by atoms with Gasteiger partial charge in [-0.15, -0.1) is 0 Å². The number of rotatable bonds is 15. The maximum atomic E-state index is 11.5. The Morgan fingerprint density at radius 2 is 0.828 bits per heavy atom. The molecule has 0 aromatic rings. The van der Waals surface area contributed by atoms with E-state index in [1.807, 2.05) is 0 Å². The molecule has 28 atom stereocenters. The molecule has 5 saturated heterocycles. The number of aliphatic hydroxyl groups is 16. The third-order valence-electron chi connectivity index (χ3n) is 12.0. The molecule has 17 unspecified atom stereocenters. The highest BCUT2D eigenvalue weighted by molar-refractivity contribution is 5.01. The van der Waals surface area contributed by atoms with Gasteiger partial charge in [0.25, 0.3) is 0 Å². The van der Waals surface area contributed by atoms with Crippen LogP contribution in [-0.4, -0.2) is 287 Å². The summed E-state index contributed by atoms with van der Waals surface area (Å²) in [6, 6.07) is -1.70. The van der Waals surface area contributed by atoms with Crippen LogP contribution in [0.3, 0.4) is 0 Å². The van der Waals surface area contributed by atoms with Crippen molar-refractivity contribution in [3.63, 3.8) is 0 Å². The van der Waals surface area contributed by atoms with E-state index in [0.29, 0.717) is 0 Å². The number of nitrogens with two attached hydrogens (primary N) is 1. The Morgan fingerprint density at radius 3 is 1.45 bits per heavy atom. The van der Waals surface area contributed by atoms with Crippen molar-refractivity contribution < 1.29 is 134 Å². The van der Waals surface area contributed by atoms with Crippen LogP contribution in [0.15, 0.2) is 12.3 Å². The van der Waals surface area contributed by atoms with Crippen molar-refractivity contribution in [3.8, 4) is 0 Å². The molecule has 6 rings (SSSR count). The van der Waals surface area contributed by atoms with Gasteiger partial charge in [0.15, 0.2) is 31.5 Å². The minimum Gasteiger partial charge on any atom is -0.493 e. The van der Waals surface area contributed by atoms with E-state index >= 15 is 0 Å². The van der Waals surface area contributed by atoms with Crippen LogP contribution in [0.5, 0.6) is 0 Å². The Kier molecular flexibility index (Phi) is 18.0. The second-order valence-corrected chi connectivity index (χ2v) is 16.3. The summed E-state index contributed by atoms with van der Waals surface area (Å²) in [5, 5.41) is 170. The maximum absolute atomic E-state index is 11.5. The summed E-state index contributed by atoms with van der Waals surface area (Å²) in [5.74, 6) is 0. The van der Waals surface area contributed by atoms with Crippen molar-refractivity contribution in [1.82, 2.24) is 0 Å². The second-order valence-electron chi connectivity index (χ2n) is 16.3. The molecular formula is C36H61NO27. The zero-order valence-corrected chi connectivity index (χ0v) is 34.1. The van der Waals surface area contributed by atoms with Crippen molar-refractivity contribution in [2.45, 2.75) is 179 Å². The summed E-state index contributed by atoms with van der Waals surface area (Å²) in [5.41, 5.74) is 6.48. The van der Waals surface area contributed by atoms with Gasteiger partial charge >= 0.3 is 0 Å². The summed E-state index contributed by atoms with van der Waals surface area (Å²) in [4.78, 5) is 0. The molecule has 18 N–H and O–H groups in total. The van der Waals surface area contributed by atoms with Crippen molar-refractivity contribution in [2.75, 3.05) is 33.0 Å². The van der Waals surface area contributed by atoms with E-state index in [1.54, 1.807) is 0 Å². The van der Waals surface area contributed by atoms with E-state index in [9.17, 15) is 81.7 Å². The SMILES string of the molecule is CC1O[C@@H](OC2C(O)[C@@H](O)C(CO)O[C@H]2OC2C(N)[C@H](OC3C(O)[C@H](O[C@H]4C(CO)O[C@@H](O[C@@H]5C(O)C=COC5CO)C(O)C4O)OC(CO)[C@@H]3O)OC(CO)[C@@H]2O)C(O)C(O)[C@H]1O. The molecule has 0 aromatic carbocycles. The topological polar surface area (TPSA) is 451 Å². The van der Waals surface area contributed by atoms with Crippen molar-refractivity contribution in [1.29, 1.82) is 0 Å². The standard InChI is InChI=1S/C36H61NO27/c1-9-17(44)21(48)24(51)33(55-9)64-31-22(49)18(45)11(4-38)58-36(31)62-29-16(37)32(56-12(5-39)19(29)46)63-30-20(47)13(6-40)57-35(26(30)53)61-28-15(8-42)59-34(25(52)23(28)50)60-27-10(43)2-3-54-14(27)7-41/h2-3,9-36,38-53H,4-8,37H2,1H3/t9?,10?,11?,12?,13?,14?,15?,16?,17-,18-,19-,20-,21?,22?,23?,24?,25?,26?,27+,28-,29?,30?,31?,32-,33-,34-,35-,36-/m0/s1. The van der Waals surface area contributed by atoms with Gasteiger partial charge in [-0.1, -0.05) is 0 Å². The Hall–Kier alpha value is -1.54. The first-order valence-corrected chi connectivity index (χ1v) is 20.6. The fraction of sp³-hybridized carbons (Fsp3) is 0.944. The molecule has 6 heterocycles. The fourth-order valence-corrected chi connectivity index (χ4v) is 8.20. The molecular weight excluding hydrogens is 878 g/mol. The molecule has 0 radical (unpaired) electrons. The third kappa shape index (κ3) is 10.5. The van der Waals surface area contributed by atoms with Crippen LogP contribution in [0.25, 0.3) is 0 Å². The van der Waals surface area contributed by atoms with E-state index < -0.39 is 205 Å². The quantitative estimate of drug-likeness (QED) is 0.0725. The van der Waals surface area contributed by atoms with Crippen LogP contribution in [0.4, 0.5) is 0 Å². The summed E-state index contributed by atoms with van der Waals surface area (Å²) >= 11 is 0. The van der Waals surface area contributed by atoms with E-state index in [4.69, 9.17) is 57.8 Å². The Bertz CT molecular complexity index is 1470. The summed E-state index contributed by atoms with van der Waals surface area (Å²) in [6.45, 7) is -2.96. The van der Waals surface area contributed by atoms with Gasteiger partial charge in [0.1, 0.15) is 128 Å². The van der Waals surface area contributed by atoms with Crippen LogP contribution in [0.2, 0.25) is 0 Å². The average Bonchev–Trinajstić information content (AvgIpc) is 3.28. The highest BCUT2D eigenvalue weighted by Crippen LogP contribution is 2.36. The third-order valence-corrected chi connectivity index (χ3v) is 12.0. The molecule has 5 fully saturated rings. The molecule has 28 nitrogen and oxygen atoms in total. The molecule has 6 aliphatic heterocycles. The largest absolute Gasteiger partial charge is 0.493 e. The molecule has 28 heteroatoms. The van der Waals surface area contributed by atoms with Gasteiger partial charge in [-0.3, -0.25) is 0 Å². The molecule has 64 heavy (non-hydrogen) atoms. The van der Waals surface area contributed by atoms with Gasteiger partial charge in [-0.05, 0) is 13.0 Å². The first-order valence-electron chi connectivity index (χ1n) is 20.6. The van der Waals surface area contributed by atoms with Gasteiger partial charge in [-0.2, -0.15) is 0 Å². The zero-order valence-electron chi connectivity index (χ0n) is 34.1. The van der Waals surface area contributed by atoms with Gasteiger partial charge < -0.3 is 140 Å². The van der Waals surface area contributed by atoms with E-state index in [-0.39, 0.29) is 0 Å². The fourth-order valence-electron chi connectivity index (χ4n) is 8.20. The second kappa shape index (κ2) is 22.3. The minimum absolute atomic E-state index is 0.623. The monoisotopic (exact) mass is 939 g/mol. The van der Waals surface area contributed by atoms with Crippen molar-refractivity contribution in [3.05, 3.63) is 12.3 Å². The van der Waals surface area contributed by atoms with Crippen LogP contribution >= 0.6 is 0 Å². The predicted molar refractivity (Wildman–Crippen MR) is 197 cm³/mol. The first kappa shape index (κ1) is 51.8. The maximum Gasteiger partial charge on any atom is 0.187 e. The van der Waals surface area contributed by atoms with Gasteiger partial charge in [0, 0.05) is 0 Å². The van der Waals surface area contributed by atoms with Crippen LogP contribution in [0.1, 0.15) is 6.92 Å². The lowest BCUT2D eigenvalue weighted by molar-refractivity contribution is -0.390. The average molecular weight is 940 g/mol.